The highest BCUT2D eigenvalue weighted by molar-refractivity contribution is 7.91. The van der Waals surface area contributed by atoms with Gasteiger partial charge in [-0.15, -0.1) is 11.3 Å². The lowest BCUT2D eigenvalue weighted by Crippen LogP contribution is -2.48. The summed E-state index contributed by atoms with van der Waals surface area (Å²) in [5.74, 6) is 0.273. The Morgan fingerprint density at radius 1 is 1.50 bits per heavy atom. The summed E-state index contributed by atoms with van der Waals surface area (Å²) < 4.78 is 22.6. The number of hydrogen-bond donors (Lipinski definition) is 1. The molecule has 1 fully saturated rings. The molecule has 1 saturated heterocycles. The summed E-state index contributed by atoms with van der Waals surface area (Å²) >= 11 is 1.59. The molecule has 2 heterocycles. The van der Waals surface area contributed by atoms with Crippen molar-refractivity contribution in [2.24, 2.45) is 0 Å². The van der Waals surface area contributed by atoms with Crippen molar-refractivity contribution in [3.8, 4) is 0 Å². The van der Waals surface area contributed by atoms with Crippen LogP contribution in [0.3, 0.4) is 0 Å². The number of aromatic nitrogens is 1. The standard InChI is InChI=1S/C12H19N3O3S2/c1-9(11-14-10(2)8-19-11)7-13-12(16)15-3-5-20(17,18)6-4-15/h8-9H,3-7H2,1-2H3,(H,13,16). The molecule has 112 valence electrons. The summed E-state index contributed by atoms with van der Waals surface area (Å²) in [7, 11) is -2.95. The predicted molar refractivity (Wildman–Crippen MR) is 78.9 cm³/mol. The number of aryl methyl sites for hydroxylation is 1. The number of nitrogens with zero attached hydrogens (tertiary/aromatic N) is 2. The van der Waals surface area contributed by atoms with E-state index in [4.69, 9.17) is 0 Å². The number of thiazole rings is 1. The molecule has 1 N–H and O–H groups in total. The van der Waals surface area contributed by atoms with E-state index in [1.165, 1.54) is 0 Å². The lowest BCUT2D eigenvalue weighted by molar-refractivity contribution is 0.201. The van der Waals surface area contributed by atoms with Crippen LogP contribution in [0, 0.1) is 6.92 Å². The molecular formula is C12H19N3O3S2. The molecule has 1 aromatic heterocycles. The molecule has 0 aromatic carbocycles. The number of carbonyl (C=O) groups is 1. The van der Waals surface area contributed by atoms with E-state index in [0.29, 0.717) is 6.54 Å². The number of rotatable bonds is 3. The number of hydrogen-bond acceptors (Lipinski definition) is 5. The van der Waals surface area contributed by atoms with Crippen LogP contribution in [0.1, 0.15) is 23.5 Å². The summed E-state index contributed by atoms with van der Waals surface area (Å²) in [6, 6.07) is -0.194. The zero-order valence-corrected chi connectivity index (χ0v) is 13.3. The highest BCUT2D eigenvalue weighted by Gasteiger charge is 2.25. The third-order valence-electron chi connectivity index (χ3n) is 3.25. The summed E-state index contributed by atoms with van der Waals surface area (Å²) in [5, 5.41) is 5.84. The average Bonchev–Trinajstić information content (AvgIpc) is 2.82. The minimum absolute atomic E-state index is 0.0572. The van der Waals surface area contributed by atoms with E-state index in [2.05, 4.69) is 10.3 Å². The van der Waals surface area contributed by atoms with Crippen molar-refractivity contribution in [1.29, 1.82) is 0 Å². The Kier molecular flexibility index (Phi) is 4.64. The van der Waals surface area contributed by atoms with Crippen molar-refractivity contribution in [1.82, 2.24) is 15.2 Å². The maximum Gasteiger partial charge on any atom is 0.317 e. The van der Waals surface area contributed by atoms with Crippen LogP contribution in [-0.4, -0.2) is 55.5 Å². The first kappa shape index (κ1) is 15.2. The van der Waals surface area contributed by atoms with E-state index in [1.54, 1.807) is 16.2 Å². The fourth-order valence-electron chi connectivity index (χ4n) is 1.95. The van der Waals surface area contributed by atoms with Gasteiger partial charge in [0.25, 0.3) is 0 Å². The summed E-state index contributed by atoms with van der Waals surface area (Å²) in [5.41, 5.74) is 0.990. The third-order valence-corrected chi connectivity index (χ3v) is 6.05. The lowest BCUT2D eigenvalue weighted by Gasteiger charge is -2.27. The van der Waals surface area contributed by atoms with Crippen LogP contribution in [0.2, 0.25) is 0 Å². The Morgan fingerprint density at radius 3 is 2.70 bits per heavy atom. The van der Waals surface area contributed by atoms with Crippen molar-refractivity contribution >= 4 is 27.2 Å². The predicted octanol–water partition coefficient (Wildman–Crippen LogP) is 0.995. The van der Waals surface area contributed by atoms with Gasteiger partial charge in [0, 0.05) is 36.6 Å². The first-order valence-electron chi connectivity index (χ1n) is 6.52. The van der Waals surface area contributed by atoms with Gasteiger partial charge in [-0.3, -0.25) is 0 Å². The maximum absolute atomic E-state index is 12.0. The van der Waals surface area contributed by atoms with Gasteiger partial charge in [-0.1, -0.05) is 6.92 Å². The molecule has 0 bridgehead atoms. The van der Waals surface area contributed by atoms with Gasteiger partial charge in [0.1, 0.15) is 0 Å². The molecular weight excluding hydrogens is 298 g/mol. The summed E-state index contributed by atoms with van der Waals surface area (Å²) in [6.45, 7) is 5.02. The van der Waals surface area contributed by atoms with Gasteiger partial charge in [-0.25, -0.2) is 18.2 Å². The van der Waals surface area contributed by atoms with E-state index in [0.717, 1.165) is 10.7 Å². The first-order chi connectivity index (χ1) is 9.37. The van der Waals surface area contributed by atoms with Crippen molar-refractivity contribution in [2.75, 3.05) is 31.1 Å². The van der Waals surface area contributed by atoms with Crippen molar-refractivity contribution in [3.63, 3.8) is 0 Å². The quantitative estimate of drug-likeness (QED) is 0.902. The van der Waals surface area contributed by atoms with Crippen LogP contribution in [0.5, 0.6) is 0 Å². The largest absolute Gasteiger partial charge is 0.337 e. The molecule has 2 amide bonds. The molecule has 1 unspecified atom stereocenters. The molecule has 1 atom stereocenters. The fraction of sp³-hybridized carbons (Fsp3) is 0.667. The Labute approximate surface area is 123 Å². The number of carbonyl (C=O) groups excluding carboxylic acids is 1. The van der Waals surface area contributed by atoms with Gasteiger partial charge < -0.3 is 10.2 Å². The van der Waals surface area contributed by atoms with Crippen LogP contribution in [-0.2, 0) is 9.84 Å². The van der Waals surface area contributed by atoms with Crippen LogP contribution in [0.15, 0.2) is 5.38 Å². The molecule has 0 radical (unpaired) electrons. The van der Waals surface area contributed by atoms with Crippen molar-refractivity contribution in [3.05, 3.63) is 16.1 Å². The first-order valence-corrected chi connectivity index (χ1v) is 9.23. The molecule has 1 aliphatic rings. The molecule has 0 spiro atoms. The highest BCUT2D eigenvalue weighted by Crippen LogP contribution is 2.18. The molecule has 8 heteroatoms. The SMILES string of the molecule is Cc1csc(C(C)CNC(=O)N2CCS(=O)(=O)CC2)n1. The number of amides is 2. The second-order valence-corrected chi connectivity index (χ2v) is 8.25. The maximum atomic E-state index is 12.0. The summed E-state index contributed by atoms with van der Waals surface area (Å²) in [4.78, 5) is 17.9. The normalized spacial score (nSPS) is 19.6. The molecule has 1 aliphatic heterocycles. The van der Waals surface area contributed by atoms with Crippen LogP contribution < -0.4 is 5.32 Å². The fourth-order valence-corrected chi connectivity index (χ4v) is 4.01. The second-order valence-electron chi connectivity index (χ2n) is 5.05. The Hall–Kier alpha value is -1.15. The average molecular weight is 317 g/mol. The Bertz CT molecular complexity index is 569. The van der Waals surface area contributed by atoms with Gasteiger partial charge in [-0.2, -0.15) is 0 Å². The molecule has 0 saturated carbocycles. The Morgan fingerprint density at radius 2 is 2.15 bits per heavy atom. The van der Waals surface area contributed by atoms with E-state index in [9.17, 15) is 13.2 Å². The van der Waals surface area contributed by atoms with E-state index < -0.39 is 9.84 Å². The van der Waals surface area contributed by atoms with E-state index in [1.807, 2.05) is 19.2 Å². The minimum Gasteiger partial charge on any atom is -0.337 e. The van der Waals surface area contributed by atoms with E-state index >= 15 is 0 Å². The topological polar surface area (TPSA) is 79.4 Å². The third kappa shape index (κ3) is 3.92. The molecule has 20 heavy (non-hydrogen) atoms. The van der Waals surface area contributed by atoms with Crippen molar-refractivity contribution in [2.45, 2.75) is 19.8 Å². The number of urea groups is 1. The molecule has 6 nitrogen and oxygen atoms in total. The van der Waals surface area contributed by atoms with Gasteiger partial charge in [0.05, 0.1) is 16.5 Å². The van der Waals surface area contributed by atoms with Crippen LogP contribution in [0.4, 0.5) is 4.79 Å². The highest BCUT2D eigenvalue weighted by atomic mass is 32.2. The number of sulfone groups is 1. The smallest absolute Gasteiger partial charge is 0.317 e. The molecule has 2 rings (SSSR count). The molecule has 0 aliphatic carbocycles. The van der Waals surface area contributed by atoms with Gasteiger partial charge in [-0.05, 0) is 6.92 Å². The Balaban J connectivity index is 1.81. The van der Waals surface area contributed by atoms with Crippen molar-refractivity contribution < 1.29 is 13.2 Å². The summed E-state index contributed by atoms with van der Waals surface area (Å²) in [6.07, 6.45) is 0. The number of nitrogens with one attached hydrogen (secondary N) is 1. The van der Waals surface area contributed by atoms with Crippen LogP contribution in [0.25, 0.3) is 0 Å². The van der Waals surface area contributed by atoms with Gasteiger partial charge in [0.2, 0.25) is 0 Å². The minimum atomic E-state index is -2.95. The van der Waals surface area contributed by atoms with Gasteiger partial charge in [0.15, 0.2) is 9.84 Å². The van der Waals surface area contributed by atoms with Crippen LogP contribution >= 0.6 is 11.3 Å². The molecule has 1 aromatic rings. The van der Waals surface area contributed by atoms with E-state index in [-0.39, 0.29) is 36.5 Å². The van der Waals surface area contributed by atoms with Gasteiger partial charge >= 0.3 is 6.03 Å². The lowest BCUT2D eigenvalue weighted by atomic mass is 10.2. The zero-order valence-electron chi connectivity index (χ0n) is 11.6. The monoisotopic (exact) mass is 317 g/mol. The second kappa shape index (κ2) is 6.09. The zero-order chi connectivity index (χ0) is 14.8.